The van der Waals surface area contributed by atoms with Gasteiger partial charge in [-0.15, -0.1) is 0 Å². The molecule has 1 fully saturated rings. The minimum absolute atomic E-state index is 0.0878. The highest BCUT2D eigenvalue weighted by Crippen LogP contribution is 2.37. The van der Waals surface area contributed by atoms with Crippen LogP contribution in [0.2, 0.25) is 5.04 Å². The van der Waals surface area contributed by atoms with Gasteiger partial charge in [-0.25, -0.2) is 4.89 Å². The number of carbonyl (C=O) groups is 1. The Morgan fingerprint density at radius 3 is 1.97 bits per heavy atom. The maximum atomic E-state index is 11.5. The lowest BCUT2D eigenvalue weighted by atomic mass is 10.0. The maximum Gasteiger partial charge on any atom is 0.305 e. The standard InChI is InChI=1S/C25H34O5Si/c1-19(23-22(17-26)28-25(5,6)29-23)18-27-30-31(24(2,3)4,20-13-9-7-10-14-20)21-15-11-8-12-16-21/h7-17,19,22-23H,18H2,1-6H3/t19-,22?,23?/m0/s1. The van der Waals surface area contributed by atoms with Crippen LogP contribution in [0.5, 0.6) is 0 Å². The van der Waals surface area contributed by atoms with Gasteiger partial charge >= 0.3 is 8.32 Å². The van der Waals surface area contributed by atoms with Crippen LogP contribution in [0.15, 0.2) is 60.7 Å². The van der Waals surface area contributed by atoms with E-state index in [4.69, 9.17) is 18.9 Å². The molecular formula is C25H34O5Si. The largest absolute Gasteiger partial charge is 0.344 e. The molecule has 2 unspecified atom stereocenters. The van der Waals surface area contributed by atoms with E-state index in [9.17, 15) is 4.79 Å². The fourth-order valence-corrected chi connectivity index (χ4v) is 8.36. The lowest BCUT2D eigenvalue weighted by Crippen LogP contribution is -2.66. The number of carbonyl (C=O) groups excluding carboxylic acids is 1. The molecule has 0 radical (unpaired) electrons. The highest BCUT2D eigenvalue weighted by molar-refractivity contribution is 6.99. The third-order valence-electron chi connectivity index (χ3n) is 5.79. The van der Waals surface area contributed by atoms with Gasteiger partial charge in [-0.05, 0) is 29.3 Å². The van der Waals surface area contributed by atoms with Gasteiger partial charge in [-0.2, -0.15) is 0 Å². The highest BCUT2D eigenvalue weighted by atomic mass is 28.4. The Bertz CT molecular complexity index is 808. The number of ether oxygens (including phenoxy) is 2. The molecule has 0 spiro atoms. The first-order valence-electron chi connectivity index (χ1n) is 10.8. The number of hydrogen-bond acceptors (Lipinski definition) is 5. The fourth-order valence-electron chi connectivity index (χ4n) is 4.29. The average molecular weight is 443 g/mol. The minimum atomic E-state index is -2.77. The van der Waals surface area contributed by atoms with E-state index in [0.717, 1.165) is 16.7 Å². The summed E-state index contributed by atoms with van der Waals surface area (Å²) in [6, 6.07) is 20.7. The molecule has 0 aromatic heterocycles. The molecule has 2 aromatic carbocycles. The van der Waals surface area contributed by atoms with Crippen LogP contribution in [0.4, 0.5) is 0 Å². The van der Waals surface area contributed by atoms with E-state index >= 15 is 0 Å². The normalized spacial score (nSPS) is 22.3. The molecule has 0 amide bonds. The predicted molar refractivity (Wildman–Crippen MR) is 124 cm³/mol. The van der Waals surface area contributed by atoms with Gasteiger partial charge in [0.1, 0.15) is 6.10 Å². The second-order valence-corrected chi connectivity index (χ2v) is 13.9. The number of benzene rings is 2. The number of rotatable bonds is 8. The molecule has 1 aliphatic heterocycles. The number of hydrogen-bond donors (Lipinski definition) is 0. The molecule has 168 valence electrons. The van der Waals surface area contributed by atoms with E-state index in [2.05, 4.69) is 45.0 Å². The van der Waals surface area contributed by atoms with Crippen LogP contribution < -0.4 is 10.4 Å². The third-order valence-corrected chi connectivity index (χ3v) is 10.6. The Morgan fingerprint density at radius 1 is 1.00 bits per heavy atom. The smallest absolute Gasteiger partial charge is 0.305 e. The molecule has 1 heterocycles. The molecule has 2 aromatic rings. The number of aldehydes is 1. The first kappa shape index (κ1) is 23.8. The van der Waals surface area contributed by atoms with Crippen molar-refractivity contribution in [2.24, 2.45) is 5.92 Å². The van der Waals surface area contributed by atoms with Gasteiger partial charge in [-0.3, -0.25) is 4.58 Å². The molecule has 0 aliphatic carbocycles. The summed E-state index contributed by atoms with van der Waals surface area (Å²) in [5, 5.41) is 2.11. The zero-order valence-electron chi connectivity index (χ0n) is 19.3. The lowest BCUT2D eigenvalue weighted by Gasteiger charge is -2.41. The van der Waals surface area contributed by atoms with Crippen LogP contribution >= 0.6 is 0 Å². The van der Waals surface area contributed by atoms with Gasteiger partial charge in [-0.1, -0.05) is 88.4 Å². The van der Waals surface area contributed by atoms with E-state index in [1.54, 1.807) is 0 Å². The van der Waals surface area contributed by atoms with E-state index in [0.29, 0.717) is 6.61 Å². The van der Waals surface area contributed by atoms with Crippen molar-refractivity contribution >= 4 is 25.0 Å². The Balaban J connectivity index is 1.86. The topological polar surface area (TPSA) is 54.0 Å². The van der Waals surface area contributed by atoms with Gasteiger partial charge in [0, 0.05) is 5.92 Å². The third kappa shape index (κ3) is 4.99. The summed E-state index contributed by atoms with van der Waals surface area (Å²) in [6.07, 6.45) is -0.185. The molecule has 1 aliphatic rings. The molecule has 6 heteroatoms. The predicted octanol–water partition coefficient (Wildman–Crippen LogP) is 3.85. The Labute approximate surface area is 186 Å². The van der Waals surface area contributed by atoms with Gasteiger partial charge < -0.3 is 14.3 Å². The first-order valence-corrected chi connectivity index (χ1v) is 12.7. The highest BCUT2D eigenvalue weighted by Gasteiger charge is 2.52. The average Bonchev–Trinajstić information content (AvgIpc) is 3.06. The zero-order chi connectivity index (χ0) is 22.7. The van der Waals surface area contributed by atoms with Gasteiger partial charge in [0.05, 0.1) is 12.7 Å². The van der Waals surface area contributed by atoms with Crippen LogP contribution in [-0.2, 0) is 23.7 Å². The summed E-state index contributed by atoms with van der Waals surface area (Å²) in [6.45, 7) is 12.5. The van der Waals surface area contributed by atoms with Crippen LogP contribution in [0, 0.1) is 5.92 Å². The van der Waals surface area contributed by atoms with E-state index in [1.165, 1.54) is 0 Å². The Kier molecular flexibility index (Phi) is 7.18. The first-order chi connectivity index (χ1) is 14.6. The van der Waals surface area contributed by atoms with Crippen molar-refractivity contribution in [3.63, 3.8) is 0 Å². The van der Waals surface area contributed by atoms with Crippen LogP contribution in [-0.4, -0.2) is 39.2 Å². The summed E-state index contributed by atoms with van der Waals surface area (Å²) < 4.78 is 18.1. The molecule has 3 atom stereocenters. The van der Waals surface area contributed by atoms with Crippen molar-refractivity contribution in [1.82, 2.24) is 0 Å². The molecule has 0 bridgehead atoms. The monoisotopic (exact) mass is 442 g/mol. The maximum absolute atomic E-state index is 11.5. The summed E-state index contributed by atoms with van der Waals surface area (Å²) in [7, 11) is -2.77. The zero-order valence-corrected chi connectivity index (χ0v) is 20.3. The summed E-state index contributed by atoms with van der Waals surface area (Å²) in [5.41, 5.74) is 0. The summed E-state index contributed by atoms with van der Waals surface area (Å²) >= 11 is 0. The van der Waals surface area contributed by atoms with Crippen molar-refractivity contribution in [3.8, 4) is 0 Å². The van der Waals surface area contributed by atoms with Crippen LogP contribution in [0.1, 0.15) is 41.5 Å². The van der Waals surface area contributed by atoms with Crippen molar-refractivity contribution < 1.29 is 23.7 Å². The Morgan fingerprint density at radius 2 is 1.52 bits per heavy atom. The van der Waals surface area contributed by atoms with Crippen molar-refractivity contribution in [3.05, 3.63) is 60.7 Å². The van der Waals surface area contributed by atoms with Crippen LogP contribution in [0.25, 0.3) is 0 Å². The molecule has 1 saturated heterocycles. The van der Waals surface area contributed by atoms with Crippen molar-refractivity contribution in [1.29, 1.82) is 0 Å². The second kappa shape index (κ2) is 9.34. The molecule has 0 N–H and O–H groups in total. The van der Waals surface area contributed by atoms with Gasteiger partial charge in [0.25, 0.3) is 0 Å². The van der Waals surface area contributed by atoms with Gasteiger partial charge in [0.15, 0.2) is 12.1 Å². The van der Waals surface area contributed by atoms with E-state index in [-0.39, 0.29) is 17.1 Å². The molecule has 0 saturated carbocycles. The van der Waals surface area contributed by atoms with Crippen molar-refractivity contribution in [2.45, 2.75) is 64.6 Å². The lowest BCUT2D eigenvalue weighted by molar-refractivity contribution is -0.234. The summed E-state index contributed by atoms with van der Waals surface area (Å²) in [5.74, 6) is -0.876. The van der Waals surface area contributed by atoms with E-state index in [1.807, 2.05) is 57.2 Å². The second-order valence-electron chi connectivity index (χ2n) is 9.71. The SMILES string of the molecule is C[C@@H](COO[Si](c1ccccc1)(c1ccccc1)C(C)(C)C)C1OC(C)(C)OC1C=O. The summed E-state index contributed by atoms with van der Waals surface area (Å²) in [4.78, 5) is 17.5. The van der Waals surface area contributed by atoms with Crippen LogP contribution in [0.3, 0.4) is 0 Å². The fraction of sp³-hybridized carbons (Fsp3) is 0.480. The minimum Gasteiger partial charge on any atom is -0.344 e. The van der Waals surface area contributed by atoms with E-state index < -0.39 is 20.2 Å². The molecule has 5 nitrogen and oxygen atoms in total. The molecule has 3 rings (SSSR count). The molecule has 31 heavy (non-hydrogen) atoms. The van der Waals surface area contributed by atoms with Crippen molar-refractivity contribution in [2.75, 3.05) is 6.61 Å². The Hall–Kier alpha value is -1.83. The van der Waals surface area contributed by atoms with Gasteiger partial charge in [0.2, 0.25) is 0 Å². The molecular weight excluding hydrogens is 408 g/mol. The quantitative estimate of drug-likeness (QED) is 0.269.